The molecule has 3 fully saturated rings. The first-order chi connectivity index (χ1) is 18.8. The zero-order chi connectivity index (χ0) is 27.3. The number of carbonyl (C=O) groups excluding carboxylic acids is 2. The summed E-state index contributed by atoms with van der Waals surface area (Å²) in [6.45, 7) is 4.74. The Labute approximate surface area is 236 Å². The number of anilines is 2. The van der Waals surface area contributed by atoms with Crippen LogP contribution in [-0.4, -0.2) is 72.9 Å². The predicted octanol–water partition coefficient (Wildman–Crippen LogP) is 5.29. The van der Waals surface area contributed by atoms with Crippen molar-refractivity contribution < 1.29 is 14.0 Å². The molecule has 202 valence electrons. The zero-order valence-electron chi connectivity index (χ0n) is 21.5. The summed E-state index contributed by atoms with van der Waals surface area (Å²) in [4.78, 5) is 37.1. The highest BCUT2D eigenvalue weighted by atomic mass is 35.5. The number of piperidine rings is 1. The topological polar surface area (TPSA) is 68.8 Å². The molecule has 39 heavy (non-hydrogen) atoms. The minimum atomic E-state index is -0.700. The van der Waals surface area contributed by atoms with Gasteiger partial charge < -0.3 is 20.0 Å². The van der Waals surface area contributed by atoms with Crippen LogP contribution in [0.2, 0.25) is 10.0 Å². The van der Waals surface area contributed by atoms with Gasteiger partial charge in [-0.3, -0.25) is 9.59 Å². The number of benzene rings is 2. The fourth-order valence-corrected chi connectivity index (χ4v) is 5.96. The lowest BCUT2D eigenvalue weighted by Crippen LogP contribution is -2.47. The van der Waals surface area contributed by atoms with Gasteiger partial charge >= 0.3 is 0 Å². The van der Waals surface area contributed by atoms with E-state index in [0.29, 0.717) is 46.9 Å². The number of halogens is 3. The third kappa shape index (κ3) is 5.21. The lowest BCUT2D eigenvalue weighted by Gasteiger charge is -2.32. The molecule has 10 heteroatoms. The van der Waals surface area contributed by atoms with Gasteiger partial charge in [-0.1, -0.05) is 29.3 Å². The van der Waals surface area contributed by atoms with Crippen molar-refractivity contribution in [1.29, 1.82) is 0 Å². The molecule has 0 bridgehead atoms. The Morgan fingerprint density at radius 2 is 1.74 bits per heavy atom. The van der Waals surface area contributed by atoms with E-state index in [4.69, 9.17) is 23.2 Å². The quantitative estimate of drug-likeness (QED) is 0.453. The van der Waals surface area contributed by atoms with E-state index in [1.54, 1.807) is 18.3 Å². The van der Waals surface area contributed by atoms with Crippen LogP contribution in [-0.2, 0) is 0 Å². The average molecular weight is 568 g/mol. The third-order valence-electron chi connectivity index (χ3n) is 7.92. The Bertz CT molecular complexity index is 1430. The van der Waals surface area contributed by atoms with Gasteiger partial charge in [0.2, 0.25) is 0 Å². The van der Waals surface area contributed by atoms with Crippen molar-refractivity contribution in [3.63, 3.8) is 0 Å². The van der Waals surface area contributed by atoms with Gasteiger partial charge in [0.1, 0.15) is 5.82 Å². The van der Waals surface area contributed by atoms with Gasteiger partial charge in [0.25, 0.3) is 11.8 Å². The molecular formula is C29H28Cl2FN5O2. The maximum atomic E-state index is 14.4. The Hall–Kier alpha value is -3.20. The molecule has 2 amide bonds. The number of amides is 2. The number of carbonyl (C=O) groups is 2. The molecule has 7 nitrogen and oxygen atoms in total. The molecule has 3 aromatic rings. The number of hydrogen-bond acceptors (Lipinski definition) is 5. The Kier molecular flexibility index (Phi) is 6.95. The van der Waals surface area contributed by atoms with Crippen LogP contribution in [0.25, 0.3) is 11.1 Å². The Balaban J connectivity index is 1.33. The molecule has 2 saturated heterocycles. The summed E-state index contributed by atoms with van der Waals surface area (Å²) in [7, 11) is 2.05. The molecular weight excluding hydrogens is 540 g/mol. The standard InChI is InChI=1S/C29H28Cl2FN5O2/c1-35-7-9-36(10-8-35)29(39)17-5-6-22(30)21(12-17)18-13-25(37-15-19-11-20(19)16-37)27(33-14-18)34-28(38)26-23(31)3-2-4-24(26)32/h2-6,12-14,19-20H,7-11,15-16H2,1H3,(H,33,34,38). The number of nitrogens with one attached hydrogen (secondary N) is 1. The maximum Gasteiger partial charge on any atom is 0.261 e. The molecule has 2 aliphatic heterocycles. The van der Waals surface area contributed by atoms with E-state index in [1.165, 1.54) is 24.6 Å². The van der Waals surface area contributed by atoms with Crippen molar-refractivity contribution >= 4 is 46.5 Å². The summed E-state index contributed by atoms with van der Waals surface area (Å²) in [6, 6.07) is 11.4. The van der Waals surface area contributed by atoms with Gasteiger partial charge in [0.15, 0.2) is 5.82 Å². The number of fused-ring (bicyclic) bond motifs is 1. The molecule has 0 radical (unpaired) electrons. The van der Waals surface area contributed by atoms with Crippen LogP contribution in [0.5, 0.6) is 0 Å². The predicted molar refractivity (Wildman–Crippen MR) is 151 cm³/mol. The molecule has 2 atom stereocenters. The molecule has 1 aliphatic carbocycles. The van der Waals surface area contributed by atoms with E-state index in [2.05, 4.69) is 20.1 Å². The first-order valence-corrected chi connectivity index (χ1v) is 13.8. The fourth-order valence-electron chi connectivity index (χ4n) is 5.49. The van der Waals surface area contributed by atoms with Gasteiger partial charge in [0, 0.05) is 67.2 Å². The summed E-state index contributed by atoms with van der Waals surface area (Å²) >= 11 is 12.8. The van der Waals surface area contributed by atoms with Crippen molar-refractivity contribution in [3.8, 4) is 11.1 Å². The maximum absolute atomic E-state index is 14.4. The number of aromatic nitrogens is 1. The van der Waals surface area contributed by atoms with Gasteiger partial charge in [0.05, 0.1) is 16.3 Å². The number of pyridine rings is 1. The summed E-state index contributed by atoms with van der Waals surface area (Å²) in [5.74, 6) is 0.193. The van der Waals surface area contributed by atoms with E-state index in [0.717, 1.165) is 37.4 Å². The second-order valence-electron chi connectivity index (χ2n) is 10.6. The Morgan fingerprint density at radius 3 is 2.46 bits per heavy atom. The van der Waals surface area contributed by atoms with Gasteiger partial charge in [-0.15, -0.1) is 0 Å². The van der Waals surface area contributed by atoms with Gasteiger partial charge in [-0.2, -0.15) is 0 Å². The van der Waals surface area contributed by atoms with Crippen LogP contribution < -0.4 is 10.2 Å². The smallest absolute Gasteiger partial charge is 0.261 e. The van der Waals surface area contributed by atoms with Crippen LogP contribution in [0.1, 0.15) is 27.1 Å². The molecule has 1 N–H and O–H groups in total. The molecule has 3 heterocycles. The number of piperazine rings is 1. The van der Waals surface area contributed by atoms with Crippen LogP contribution in [0.3, 0.4) is 0 Å². The highest BCUT2D eigenvalue weighted by Gasteiger charge is 2.45. The Morgan fingerprint density at radius 1 is 1.00 bits per heavy atom. The number of nitrogens with zero attached hydrogens (tertiary/aromatic N) is 4. The summed E-state index contributed by atoms with van der Waals surface area (Å²) in [5, 5.41) is 3.30. The SMILES string of the molecule is CN1CCN(C(=O)c2ccc(Cl)c(-c3cnc(NC(=O)c4c(F)cccc4Cl)c(N4CC5CC5C4)c3)c2)CC1. The van der Waals surface area contributed by atoms with E-state index >= 15 is 0 Å². The highest BCUT2D eigenvalue weighted by molar-refractivity contribution is 6.34. The first kappa shape index (κ1) is 26.0. The van der Waals surface area contributed by atoms with Crippen LogP contribution in [0.15, 0.2) is 48.7 Å². The first-order valence-electron chi connectivity index (χ1n) is 13.1. The molecule has 6 rings (SSSR count). The summed E-state index contributed by atoms with van der Waals surface area (Å²) in [6.07, 6.45) is 2.82. The average Bonchev–Trinajstić information content (AvgIpc) is 3.53. The third-order valence-corrected chi connectivity index (χ3v) is 8.57. The van der Waals surface area contributed by atoms with E-state index in [-0.39, 0.29) is 16.5 Å². The van der Waals surface area contributed by atoms with E-state index in [1.807, 2.05) is 24.1 Å². The number of likely N-dealkylation sites (N-methyl/N-ethyl adjacent to an activating group) is 1. The highest BCUT2D eigenvalue weighted by Crippen LogP contribution is 2.48. The normalized spacial score (nSPS) is 20.6. The van der Waals surface area contributed by atoms with Gasteiger partial charge in [-0.25, -0.2) is 9.37 Å². The van der Waals surface area contributed by atoms with Crippen molar-refractivity contribution in [2.24, 2.45) is 11.8 Å². The largest absolute Gasteiger partial charge is 0.368 e. The second-order valence-corrected chi connectivity index (χ2v) is 11.4. The van der Waals surface area contributed by atoms with Crippen molar-refractivity contribution in [1.82, 2.24) is 14.8 Å². The molecule has 2 unspecified atom stereocenters. The zero-order valence-corrected chi connectivity index (χ0v) is 23.0. The second kappa shape index (κ2) is 10.4. The molecule has 1 aromatic heterocycles. The van der Waals surface area contributed by atoms with Gasteiger partial charge in [-0.05, 0) is 61.7 Å². The minimum Gasteiger partial charge on any atom is -0.368 e. The molecule has 1 saturated carbocycles. The van der Waals surface area contributed by atoms with Crippen molar-refractivity contribution in [2.75, 3.05) is 56.5 Å². The van der Waals surface area contributed by atoms with Crippen molar-refractivity contribution in [2.45, 2.75) is 6.42 Å². The minimum absolute atomic E-state index is 0.0283. The van der Waals surface area contributed by atoms with E-state index < -0.39 is 11.7 Å². The lowest BCUT2D eigenvalue weighted by atomic mass is 10.0. The van der Waals surface area contributed by atoms with Crippen molar-refractivity contribution in [3.05, 3.63) is 75.7 Å². The lowest BCUT2D eigenvalue weighted by molar-refractivity contribution is 0.0664. The molecule has 3 aliphatic rings. The number of hydrogen-bond donors (Lipinski definition) is 1. The van der Waals surface area contributed by atoms with Crippen LogP contribution >= 0.6 is 23.2 Å². The molecule has 2 aromatic carbocycles. The number of rotatable bonds is 5. The monoisotopic (exact) mass is 567 g/mol. The van der Waals surface area contributed by atoms with E-state index in [9.17, 15) is 14.0 Å². The summed E-state index contributed by atoms with van der Waals surface area (Å²) in [5.41, 5.74) is 2.48. The van der Waals surface area contributed by atoms with Crippen LogP contribution in [0.4, 0.5) is 15.9 Å². The summed E-state index contributed by atoms with van der Waals surface area (Å²) < 4.78 is 14.4. The fraction of sp³-hybridized carbons (Fsp3) is 0.345. The van der Waals surface area contributed by atoms with Crippen LogP contribution in [0, 0.1) is 17.7 Å². The molecule has 0 spiro atoms.